The van der Waals surface area contributed by atoms with Gasteiger partial charge in [0.05, 0.1) is 18.3 Å². The van der Waals surface area contributed by atoms with Gasteiger partial charge in [0.1, 0.15) is 18.2 Å². The Balaban J connectivity index is 1.43. The molecule has 1 N–H and O–H groups in total. The van der Waals surface area contributed by atoms with Crippen LogP contribution < -0.4 is 15.1 Å². The van der Waals surface area contributed by atoms with Crippen LogP contribution in [0.5, 0.6) is 5.75 Å². The number of ether oxygens (including phenoxy) is 2. The standard InChI is InChI=1S/C29H35FO4Si/c1-29(2,3)35(25-10-6-4-7-11-25,26-12-8-5-9-13-26)33-19-18-28-27(31)20-24(34-28)21-32-23-16-14-22(30)15-17-23/h4-17,24,27-28,31H,18-21H2,1-3H3/t24-,27+,28+/m0/s1. The van der Waals surface area contributed by atoms with Crippen LogP contribution in [0.2, 0.25) is 5.04 Å². The summed E-state index contributed by atoms with van der Waals surface area (Å²) in [6, 6.07) is 27.0. The van der Waals surface area contributed by atoms with Gasteiger partial charge in [-0.3, -0.25) is 0 Å². The first-order valence-electron chi connectivity index (χ1n) is 12.3. The van der Waals surface area contributed by atoms with Crippen LogP contribution in [-0.2, 0) is 9.16 Å². The predicted octanol–water partition coefficient (Wildman–Crippen LogP) is 4.69. The summed E-state index contributed by atoms with van der Waals surface area (Å²) in [6.07, 6.45) is 0.00609. The van der Waals surface area contributed by atoms with Gasteiger partial charge in [-0.2, -0.15) is 0 Å². The summed E-state index contributed by atoms with van der Waals surface area (Å²) in [5.74, 6) is 0.286. The van der Waals surface area contributed by atoms with Crippen LogP contribution >= 0.6 is 0 Å². The molecule has 0 bridgehead atoms. The summed E-state index contributed by atoms with van der Waals surface area (Å²) in [5.41, 5.74) is 0. The van der Waals surface area contributed by atoms with Gasteiger partial charge in [0, 0.05) is 13.0 Å². The third-order valence-corrected chi connectivity index (χ3v) is 11.7. The first-order chi connectivity index (χ1) is 16.8. The zero-order chi connectivity index (χ0) is 24.9. The molecule has 1 saturated heterocycles. The first-order valence-corrected chi connectivity index (χ1v) is 14.2. The Morgan fingerprint density at radius 1 is 0.914 bits per heavy atom. The molecule has 1 aliphatic rings. The van der Waals surface area contributed by atoms with Crippen molar-refractivity contribution in [3.05, 3.63) is 90.7 Å². The summed E-state index contributed by atoms with van der Waals surface area (Å²) in [4.78, 5) is 0. The average Bonchev–Trinajstić information content (AvgIpc) is 3.21. The fourth-order valence-corrected chi connectivity index (χ4v) is 9.57. The fourth-order valence-electron chi connectivity index (χ4n) is 4.99. The molecular weight excluding hydrogens is 459 g/mol. The van der Waals surface area contributed by atoms with E-state index in [1.54, 1.807) is 12.1 Å². The summed E-state index contributed by atoms with van der Waals surface area (Å²) in [6.45, 7) is 7.56. The van der Waals surface area contributed by atoms with E-state index in [4.69, 9.17) is 13.9 Å². The Hall–Kier alpha value is -2.51. The van der Waals surface area contributed by atoms with Crippen molar-refractivity contribution in [1.82, 2.24) is 0 Å². The summed E-state index contributed by atoms with van der Waals surface area (Å²) in [5, 5.41) is 13.0. The van der Waals surface area contributed by atoms with E-state index in [0.29, 0.717) is 31.8 Å². The number of hydrogen-bond acceptors (Lipinski definition) is 4. The molecule has 3 atom stereocenters. The van der Waals surface area contributed by atoms with Gasteiger partial charge in [-0.05, 0) is 46.1 Å². The molecule has 0 aliphatic carbocycles. The normalized spacial score (nSPS) is 20.7. The first kappa shape index (κ1) is 25.6. The van der Waals surface area contributed by atoms with Gasteiger partial charge >= 0.3 is 0 Å². The number of aliphatic hydroxyl groups excluding tert-OH is 1. The Morgan fingerprint density at radius 2 is 1.49 bits per heavy atom. The lowest BCUT2D eigenvalue weighted by molar-refractivity contribution is -0.0155. The number of hydrogen-bond donors (Lipinski definition) is 1. The van der Waals surface area contributed by atoms with Crippen molar-refractivity contribution >= 4 is 18.7 Å². The number of benzene rings is 3. The lowest BCUT2D eigenvalue weighted by Gasteiger charge is -2.43. The van der Waals surface area contributed by atoms with E-state index in [1.165, 1.54) is 22.5 Å². The molecule has 4 rings (SSSR count). The molecule has 1 heterocycles. The third kappa shape index (κ3) is 5.84. The van der Waals surface area contributed by atoms with E-state index in [1.807, 2.05) is 12.1 Å². The molecule has 3 aromatic carbocycles. The third-order valence-electron chi connectivity index (χ3n) is 6.69. The zero-order valence-corrected chi connectivity index (χ0v) is 21.7. The summed E-state index contributed by atoms with van der Waals surface area (Å²) in [7, 11) is -2.62. The van der Waals surface area contributed by atoms with E-state index in [-0.39, 0.29) is 23.1 Å². The van der Waals surface area contributed by atoms with E-state index in [2.05, 4.69) is 69.3 Å². The molecule has 186 valence electrons. The highest BCUT2D eigenvalue weighted by Crippen LogP contribution is 2.37. The van der Waals surface area contributed by atoms with Crippen LogP contribution in [0.15, 0.2) is 84.9 Å². The van der Waals surface area contributed by atoms with Crippen LogP contribution in [0, 0.1) is 5.82 Å². The highest BCUT2D eigenvalue weighted by atomic mass is 28.4. The zero-order valence-electron chi connectivity index (χ0n) is 20.7. The van der Waals surface area contributed by atoms with Gasteiger partial charge in [0.2, 0.25) is 0 Å². The monoisotopic (exact) mass is 494 g/mol. The van der Waals surface area contributed by atoms with Gasteiger partial charge in [0.25, 0.3) is 8.32 Å². The Bertz CT molecular complexity index is 1010. The van der Waals surface area contributed by atoms with Crippen molar-refractivity contribution in [1.29, 1.82) is 0 Å². The lowest BCUT2D eigenvalue weighted by atomic mass is 10.1. The van der Waals surface area contributed by atoms with Crippen molar-refractivity contribution in [2.24, 2.45) is 0 Å². The van der Waals surface area contributed by atoms with Crippen LogP contribution in [-0.4, -0.2) is 44.9 Å². The van der Waals surface area contributed by atoms with Crippen molar-refractivity contribution in [2.45, 2.75) is 57.0 Å². The largest absolute Gasteiger partial charge is 0.491 e. The maximum absolute atomic E-state index is 13.1. The molecule has 35 heavy (non-hydrogen) atoms. The molecule has 0 aromatic heterocycles. The molecule has 1 fully saturated rings. The SMILES string of the molecule is CC(C)(C)[Si](OCC[C@H]1O[C@H](COc2ccc(F)cc2)C[C@H]1O)(c1ccccc1)c1ccccc1. The Labute approximate surface area is 208 Å². The predicted molar refractivity (Wildman–Crippen MR) is 139 cm³/mol. The van der Waals surface area contributed by atoms with Gasteiger partial charge in [0.15, 0.2) is 0 Å². The number of aliphatic hydroxyl groups is 1. The Kier molecular flexibility index (Phi) is 8.07. The molecule has 3 aromatic rings. The van der Waals surface area contributed by atoms with Crippen LogP contribution in [0.1, 0.15) is 33.6 Å². The molecule has 6 heteroatoms. The molecule has 0 radical (unpaired) electrons. The summed E-state index contributed by atoms with van der Waals surface area (Å²) < 4.78 is 31.9. The highest BCUT2D eigenvalue weighted by molar-refractivity contribution is 6.99. The highest BCUT2D eigenvalue weighted by Gasteiger charge is 2.50. The molecule has 4 nitrogen and oxygen atoms in total. The fraction of sp³-hybridized carbons (Fsp3) is 0.379. The van der Waals surface area contributed by atoms with Crippen molar-refractivity contribution < 1.29 is 23.4 Å². The van der Waals surface area contributed by atoms with E-state index >= 15 is 0 Å². The quantitative estimate of drug-likeness (QED) is 0.439. The lowest BCUT2D eigenvalue weighted by Crippen LogP contribution is -2.66. The topological polar surface area (TPSA) is 47.9 Å². The average molecular weight is 495 g/mol. The minimum atomic E-state index is -2.62. The van der Waals surface area contributed by atoms with Gasteiger partial charge in [-0.1, -0.05) is 81.4 Å². The Morgan fingerprint density at radius 3 is 2.03 bits per heavy atom. The molecule has 0 saturated carbocycles. The van der Waals surface area contributed by atoms with E-state index in [0.717, 1.165) is 0 Å². The minimum Gasteiger partial charge on any atom is -0.491 e. The van der Waals surface area contributed by atoms with Crippen molar-refractivity contribution in [2.75, 3.05) is 13.2 Å². The second-order valence-corrected chi connectivity index (χ2v) is 14.5. The maximum Gasteiger partial charge on any atom is 0.261 e. The maximum atomic E-state index is 13.1. The summed E-state index contributed by atoms with van der Waals surface area (Å²) >= 11 is 0. The van der Waals surface area contributed by atoms with Crippen LogP contribution in [0.25, 0.3) is 0 Å². The number of rotatable bonds is 9. The molecular formula is C29H35FO4Si. The second kappa shape index (κ2) is 11.0. The van der Waals surface area contributed by atoms with E-state index in [9.17, 15) is 9.50 Å². The number of halogens is 1. The molecule has 0 amide bonds. The van der Waals surface area contributed by atoms with E-state index < -0.39 is 14.4 Å². The second-order valence-electron chi connectivity index (χ2n) is 10.2. The van der Waals surface area contributed by atoms with Gasteiger partial charge in [-0.25, -0.2) is 4.39 Å². The molecule has 0 spiro atoms. The smallest absolute Gasteiger partial charge is 0.261 e. The molecule has 0 unspecified atom stereocenters. The van der Waals surface area contributed by atoms with Gasteiger partial charge in [-0.15, -0.1) is 0 Å². The van der Waals surface area contributed by atoms with Crippen molar-refractivity contribution in [3.8, 4) is 5.75 Å². The van der Waals surface area contributed by atoms with Gasteiger partial charge < -0.3 is 19.0 Å². The van der Waals surface area contributed by atoms with Crippen molar-refractivity contribution in [3.63, 3.8) is 0 Å². The molecule has 1 aliphatic heterocycles. The van der Waals surface area contributed by atoms with Crippen LogP contribution in [0.3, 0.4) is 0 Å². The van der Waals surface area contributed by atoms with Crippen LogP contribution in [0.4, 0.5) is 4.39 Å². The minimum absolute atomic E-state index is 0.101.